The standard InChI is InChI=1S/C20H17FN2O3/c21-14-8-10-15(11-9-14)23-12-4-7-17-19(20(23)24)26-18(22-17)13-25-16-5-2-1-3-6-16/h1-3,5-6,8-11H,4,7,12-13H2. The quantitative estimate of drug-likeness (QED) is 0.712. The summed E-state index contributed by atoms with van der Waals surface area (Å²) in [5, 5.41) is 0. The van der Waals surface area contributed by atoms with E-state index >= 15 is 0 Å². The van der Waals surface area contributed by atoms with Gasteiger partial charge in [-0.25, -0.2) is 9.37 Å². The Morgan fingerprint density at radius 2 is 1.88 bits per heavy atom. The summed E-state index contributed by atoms with van der Waals surface area (Å²) in [5.74, 6) is 0.714. The number of aryl methyl sites for hydroxylation is 1. The number of benzene rings is 2. The summed E-state index contributed by atoms with van der Waals surface area (Å²) in [6.07, 6.45) is 1.40. The Hall–Kier alpha value is -3.15. The van der Waals surface area contributed by atoms with Gasteiger partial charge in [0.25, 0.3) is 5.91 Å². The van der Waals surface area contributed by atoms with Crippen LogP contribution in [0.3, 0.4) is 0 Å². The zero-order chi connectivity index (χ0) is 17.9. The molecular formula is C20H17FN2O3. The molecule has 132 valence electrons. The maximum absolute atomic E-state index is 13.2. The van der Waals surface area contributed by atoms with Gasteiger partial charge in [-0.05, 0) is 49.2 Å². The number of anilines is 1. The van der Waals surface area contributed by atoms with Gasteiger partial charge < -0.3 is 14.1 Å². The third-order valence-corrected chi connectivity index (χ3v) is 4.22. The minimum Gasteiger partial charge on any atom is -0.484 e. The van der Waals surface area contributed by atoms with Gasteiger partial charge in [0.05, 0.1) is 5.69 Å². The molecule has 5 nitrogen and oxygen atoms in total. The number of hydrogen-bond acceptors (Lipinski definition) is 4. The van der Waals surface area contributed by atoms with E-state index in [1.165, 1.54) is 12.1 Å². The Bertz CT molecular complexity index is 907. The third-order valence-electron chi connectivity index (χ3n) is 4.22. The van der Waals surface area contributed by atoms with Gasteiger partial charge in [0, 0.05) is 12.2 Å². The molecule has 0 fully saturated rings. The van der Waals surface area contributed by atoms with Crippen LogP contribution in [-0.2, 0) is 13.0 Å². The number of para-hydroxylation sites is 1. The van der Waals surface area contributed by atoms with Crippen molar-refractivity contribution in [3.63, 3.8) is 0 Å². The number of carbonyl (C=O) groups excluding carboxylic acids is 1. The summed E-state index contributed by atoms with van der Waals surface area (Å²) in [5.41, 5.74) is 1.29. The van der Waals surface area contributed by atoms with Crippen molar-refractivity contribution in [2.45, 2.75) is 19.4 Å². The van der Waals surface area contributed by atoms with Crippen LogP contribution in [0.5, 0.6) is 5.75 Å². The van der Waals surface area contributed by atoms with Crippen LogP contribution in [0.4, 0.5) is 10.1 Å². The van der Waals surface area contributed by atoms with Crippen molar-refractivity contribution < 1.29 is 18.3 Å². The Morgan fingerprint density at radius 3 is 2.65 bits per heavy atom. The molecule has 6 heteroatoms. The summed E-state index contributed by atoms with van der Waals surface area (Å²) >= 11 is 0. The lowest BCUT2D eigenvalue weighted by atomic mass is 10.2. The van der Waals surface area contributed by atoms with Crippen LogP contribution >= 0.6 is 0 Å². The highest BCUT2D eigenvalue weighted by Crippen LogP contribution is 2.25. The minimum atomic E-state index is -0.336. The number of nitrogens with zero attached hydrogens (tertiary/aromatic N) is 2. The van der Waals surface area contributed by atoms with Gasteiger partial charge in [-0.15, -0.1) is 0 Å². The molecule has 0 saturated carbocycles. The van der Waals surface area contributed by atoms with Crippen LogP contribution in [0, 0.1) is 5.82 Å². The summed E-state index contributed by atoms with van der Waals surface area (Å²) in [7, 11) is 0. The molecule has 0 spiro atoms. The van der Waals surface area contributed by atoms with Crippen LogP contribution in [0.2, 0.25) is 0 Å². The predicted octanol–water partition coefficient (Wildman–Crippen LogP) is 3.99. The number of oxazole rings is 1. The average molecular weight is 352 g/mol. The van der Waals surface area contributed by atoms with Gasteiger partial charge in [0.15, 0.2) is 6.61 Å². The Kier molecular flexibility index (Phi) is 4.39. The number of carbonyl (C=O) groups is 1. The lowest BCUT2D eigenvalue weighted by molar-refractivity contribution is 0.0958. The number of fused-ring (bicyclic) bond motifs is 1. The molecule has 0 saturated heterocycles. The number of rotatable bonds is 4. The van der Waals surface area contributed by atoms with Crippen molar-refractivity contribution in [2.75, 3.05) is 11.4 Å². The van der Waals surface area contributed by atoms with Crippen molar-refractivity contribution in [1.82, 2.24) is 4.98 Å². The molecule has 0 radical (unpaired) electrons. The van der Waals surface area contributed by atoms with E-state index in [2.05, 4.69) is 4.98 Å². The minimum absolute atomic E-state index is 0.154. The Balaban J connectivity index is 1.54. The van der Waals surface area contributed by atoms with E-state index in [1.54, 1.807) is 17.0 Å². The molecule has 1 aliphatic rings. The molecular weight excluding hydrogens is 335 g/mol. The van der Waals surface area contributed by atoms with Gasteiger partial charge in [0.1, 0.15) is 11.6 Å². The van der Waals surface area contributed by atoms with Crippen LogP contribution in [0.25, 0.3) is 0 Å². The first-order valence-electron chi connectivity index (χ1n) is 8.44. The molecule has 1 aromatic heterocycles. The van der Waals surface area contributed by atoms with Crippen LogP contribution < -0.4 is 9.64 Å². The van der Waals surface area contributed by atoms with E-state index in [0.717, 1.165) is 6.42 Å². The van der Waals surface area contributed by atoms with E-state index < -0.39 is 0 Å². The zero-order valence-corrected chi connectivity index (χ0v) is 14.0. The highest BCUT2D eigenvalue weighted by atomic mass is 19.1. The topological polar surface area (TPSA) is 55.6 Å². The second-order valence-corrected chi connectivity index (χ2v) is 6.02. The summed E-state index contributed by atoms with van der Waals surface area (Å²) < 4.78 is 24.5. The van der Waals surface area contributed by atoms with Crippen LogP contribution in [-0.4, -0.2) is 17.4 Å². The first-order chi connectivity index (χ1) is 12.7. The molecule has 26 heavy (non-hydrogen) atoms. The van der Waals surface area contributed by atoms with E-state index in [4.69, 9.17) is 9.15 Å². The number of ether oxygens (including phenoxy) is 1. The highest BCUT2D eigenvalue weighted by molar-refractivity contribution is 6.05. The molecule has 2 aromatic carbocycles. The van der Waals surface area contributed by atoms with E-state index in [9.17, 15) is 9.18 Å². The molecule has 3 aromatic rings. The van der Waals surface area contributed by atoms with Crippen molar-refractivity contribution >= 4 is 11.6 Å². The molecule has 4 rings (SSSR count). The molecule has 2 heterocycles. The number of aromatic nitrogens is 1. The smallest absolute Gasteiger partial charge is 0.295 e. The predicted molar refractivity (Wildman–Crippen MR) is 93.7 cm³/mol. The van der Waals surface area contributed by atoms with E-state index in [1.807, 2.05) is 30.3 Å². The lowest BCUT2D eigenvalue weighted by Crippen LogP contribution is -2.30. The molecule has 1 aliphatic heterocycles. The Labute approximate surface area is 150 Å². The molecule has 0 unspecified atom stereocenters. The van der Waals surface area contributed by atoms with E-state index in [0.29, 0.717) is 36.0 Å². The van der Waals surface area contributed by atoms with Crippen LogP contribution in [0.15, 0.2) is 59.0 Å². The third kappa shape index (κ3) is 3.31. The van der Waals surface area contributed by atoms with Crippen molar-refractivity contribution in [1.29, 1.82) is 0 Å². The maximum Gasteiger partial charge on any atom is 0.295 e. The average Bonchev–Trinajstić information content (AvgIpc) is 3.01. The second-order valence-electron chi connectivity index (χ2n) is 6.02. The first-order valence-corrected chi connectivity index (χ1v) is 8.44. The number of amides is 1. The van der Waals surface area contributed by atoms with Gasteiger partial charge in [-0.2, -0.15) is 0 Å². The number of halogens is 1. The largest absolute Gasteiger partial charge is 0.484 e. The maximum atomic E-state index is 13.2. The first kappa shape index (κ1) is 16.3. The van der Waals surface area contributed by atoms with E-state index in [-0.39, 0.29) is 24.1 Å². The van der Waals surface area contributed by atoms with Crippen molar-refractivity contribution in [2.24, 2.45) is 0 Å². The molecule has 0 bridgehead atoms. The van der Waals surface area contributed by atoms with Crippen LogP contribution in [0.1, 0.15) is 28.6 Å². The highest BCUT2D eigenvalue weighted by Gasteiger charge is 2.29. The summed E-state index contributed by atoms with van der Waals surface area (Å²) in [4.78, 5) is 18.9. The second kappa shape index (κ2) is 7.00. The SMILES string of the molecule is O=C1c2oc(COc3ccccc3)nc2CCCN1c1ccc(F)cc1. The molecule has 0 N–H and O–H groups in total. The molecule has 1 amide bonds. The zero-order valence-electron chi connectivity index (χ0n) is 14.0. The van der Waals surface area contributed by atoms with Crippen molar-refractivity contribution in [3.8, 4) is 5.75 Å². The fourth-order valence-electron chi connectivity index (χ4n) is 2.96. The van der Waals surface area contributed by atoms with Gasteiger partial charge >= 0.3 is 0 Å². The number of hydrogen-bond donors (Lipinski definition) is 0. The van der Waals surface area contributed by atoms with Crippen molar-refractivity contribution in [3.05, 3.63) is 77.8 Å². The van der Waals surface area contributed by atoms with Gasteiger partial charge in [-0.1, -0.05) is 18.2 Å². The molecule has 0 atom stereocenters. The van der Waals surface area contributed by atoms with Gasteiger partial charge in [-0.3, -0.25) is 4.79 Å². The fourth-order valence-corrected chi connectivity index (χ4v) is 2.96. The monoisotopic (exact) mass is 352 g/mol. The normalized spacial score (nSPS) is 14.0. The summed E-state index contributed by atoms with van der Waals surface area (Å²) in [6, 6.07) is 15.2. The summed E-state index contributed by atoms with van der Waals surface area (Å²) in [6.45, 7) is 0.688. The fraction of sp³-hybridized carbons (Fsp3) is 0.200. The lowest BCUT2D eigenvalue weighted by Gasteiger charge is -2.19. The Morgan fingerprint density at radius 1 is 1.12 bits per heavy atom. The van der Waals surface area contributed by atoms with Gasteiger partial charge in [0.2, 0.25) is 11.7 Å². The molecule has 0 aliphatic carbocycles.